The molecule has 3 fully saturated rings. The van der Waals surface area contributed by atoms with Gasteiger partial charge in [-0.05, 0) is 19.3 Å². The standard InChI is InChI=1S/C16H28N2O3/c1-3-12-10-18(16(19)13-9-15(13)21-4-2)11-14(12)17-5-7-20-8-6-17/h12-15H,3-11H2,1-2H3/t12-,13-,14-,15+/m0/s1. The number of nitrogens with zero attached hydrogens (tertiary/aromatic N) is 2. The fourth-order valence-corrected chi connectivity index (χ4v) is 3.82. The number of ether oxygens (including phenoxy) is 2. The molecule has 5 nitrogen and oxygen atoms in total. The highest BCUT2D eigenvalue weighted by Crippen LogP contribution is 2.37. The number of amides is 1. The normalized spacial score (nSPS) is 37.0. The van der Waals surface area contributed by atoms with E-state index >= 15 is 0 Å². The first-order chi connectivity index (χ1) is 10.2. The van der Waals surface area contributed by atoms with Crippen LogP contribution in [-0.2, 0) is 14.3 Å². The Morgan fingerprint density at radius 3 is 2.67 bits per heavy atom. The van der Waals surface area contributed by atoms with Crippen molar-refractivity contribution >= 4 is 5.91 Å². The van der Waals surface area contributed by atoms with Gasteiger partial charge in [0, 0.05) is 38.8 Å². The third-order valence-corrected chi connectivity index (χ3v) is 5.19. The van der Waals surface area contributed by atoms with Gasteiger partial charge >= 0.3 is 0 Å². The molecule has 0 aromatic heterocycles. The maximum atomic E-state index is 12.6. The smallest absolute Gasteiger partial charge is 0.228 e. The van der Waals surface area contributed by atoms with Crippen LogP contribution in [0.15, 0.2) is 0 Å². The minimum absolute atomic E-state index is 0.130. The molecule has 3 aliphatic rings. The number of carbonyl (C=O) groups is 1. The van der Waals surface area contributed by atoms with E-state index in [0.29, 0.717) is 24.5 Å². The Bertz CT molecular complexity index is 371. The zero-order chi connectivity index (χ0) is 14.8. The van der Waals surface area contributed by atoms with Crippen molar-refractivity contribution in [2.75, 3.05) is 46.0 Å². The van der Waals surface area contributed by atoms with Crippen molar-refractivity contribution in [3.05, 3.63) is 0 Å². The van der Waals surface area contributed by atoms with E-state index in [1.807, 2.05) is 6.92 Å². The van der Waals surface area contributed by atoms with E-state index in [9.17, 15) is 4.79 Å². The Morgan fingerprint density at radius 1 is 1.24 bits per heavy atom. The van der Waals surface area contributed by atoms with E-state index in [1.54, 1.807) is 0 Å². The summed E-state index contributed by atoms with van der Waals surface area (Å²) in [7, 11) is 0. The third-order valence-electron chi connectivity index (χ3n) is 5.19. The monoisotopic (exact) mass is 296 g/mol. The van der Waals surface area contributed by atoms with Gasteiger partial charge in [0.15, 0.2) is 0 Å². The summed E-state index contributed by atoms with van der Waals surface area (Å²) in [6.07, 6.45) is 2.25. The molecule has 4 atom stereocenters. The molecular formula is C16H28N2O3. The van der Waals surface area contributed by atoms with Crippen LogP contribution in [0.1, 0.15) is 26.7 Å². The SMILES string of the molecule is CCO[C@@H]1C[C@@H]1C(=O)N1C[C@H](CC)[C@@H](N2CCOCC2)C1. The summed E-state index contributed by atoms with van der Waals surface area (Å²) in [6, 6.07) is 0.521. The fourth-order valence-electron chi connectivity index (χ4n) is 3.82. The molecule has 0 N–H and O–H groups in total. The molecule has 2 heterocycles. The van der Waals surface area contributed by atoms with Gasteiger partial charge in [-0.1, -0.05) is 13.3 Å². The maximum Gasteiger partial charge on any atom is 0.228 e. The minimum atomic E-state index is 0.130. The van der Waals surface area contributed by atoms with Crippen molar-refractivity contribution in [2.45, 2.75) is 38.8 Å². The molecular weight excluding hydrogens is 268 g/mol. The van der Waals surface area contributed by atoms with Gasteiger partial charge in [0.05, 0.1) is 25.2 Å². The molecule has 1 saturated carbocycles. The van der Waals surface area contributed by atoms with Crippen LogP contribution in [0.25, 0.3) is 0 Å². The average Bonchev–Trinajstić information content (AvgIpc) is 3.15. The van der Waals surface area contributed by atoms with Crippen LogP contribution in [0.4, 0.5) is 0 Å². The minimum Gasteiger partial charge on any atom is -0.379 e. The Labute approximate surface area is 127 Å². The summed E-state index contributed by atoms with van der Waals surface area (Å²) >= 11 is 0. The molecule has 0 bridgehead atoms. The molecule has 0 aromatic rings. The first kappa shape index (κ1) is 15.3. The molecule has 2 saturated heterocycles. The van der Waals surface area contributed by atoms with Crippen LogP contribution in [0.2, 0.25) is 0 Å². The molecule has 120 valence electrons. The second-order valence-corrected chi connectivity index (χ2v) is 6.46. The second-order valence-electron chi connectivity index (χ2n) is 6.46. The Balaban J connectivity index is 1.57. The zero-order valence-electron chi connectivity index (χ0n) is 13.3. The number of hydrogen-bond acceptors (Lipinski definition) is 4. The predicted molar refractivity (Wildman–Crippen MR) is 80.1 cm³/mol. The van der Waals surface area contributed by atoms with Crippen LogP contribution >= 0.6 is 0 Å². The van der Waals surface area contributed by atoms with E-state index in [1.165, 1.54) is 0 Å². The number of morpholine rings is 1. The van der Waals surface area contributed by atoms with E-state index in [2.05, 4.69) is 16.7 Å². The van der Waals surface area contributed by atoms with Crippen LogP contribution < -0.4 is 0 Å². The average molecular weight is 296 g/mol. The first-order valence-corrected chi connectivity index (χ1v) is 8.46. The molecule has 5 heteroatoms. The summed E-state index contributed by atoms with van der Waals surface area (Å²) in [5, 5.41) is 0. The Hall–Kier alpha value is -0.650. The van der Waals surface area contributed by atoms with Gasteiger partial charge in [-0.25, -0.2) is 0 Å². The summed E-state index contributed by atoms with van der Waals surface area (Å²) in [6.45, 7) is 10.4. The molecule has 2 aliphatic heterocycles. The number of carbonyl (C=O) groups excluding carboxylic acids is 1. The molecule has 21 heavy (non-hydrogen) atoms. The van der Waals surface area contributed by atoms with Crippen LogP contribution in [0.5, 0.6) is 0 Å². The Kier molecular flexibility index (Phi) is 4.82. The van der Waals surface area contributed by atoms with Crippen LogP contribution in [0, 0.1) is 11.8 Å². The number of hydrogen-bond donors (Lipinski definition) is 0. The van der Waals surface area contributed by atoms with Gasteiger partial charge in [-0.2, -0.15) is 0 Å². The van der Waals surface area contributed by atoms with Gasteiger partial charge in [-0.15, -0.1) is 0 Å². The molecule has 3 rings (SSSR count). The lowest BCUT2D eigenvalue weighted by Gasteiger charge is -2.34. The molecule has 1 amide bonds. The van der Waals surface area contributed by atoms with Crippen LogP contribution in [-0.4, -0.2) is 73.9 Å². The summed E-state index contributed by atoms with van der Waals surface area (Å²) in [5.74, 6) is 1.06. The van der Waals surface area contributed by atoms with Crippen LogP contribution in [0.3, 0.4) is 0 Å². The fraction of sp³-hybridized carbons (Fsp3) is 0.938. The predicted octanol–water partition coefficient (Wildman–Crippen LogP) is 0.981. The van der Waals surface area contributed by atoms with E-state index in [4.69, 9.17) is 9.47 Å². The third kappa shape index (κ3) is 3.25. The summed E-state index contributed by atoms with van der Waals surface area (Å²) < 4.78 is 11.0. The zero-order valence-corrected chi connectivity index (χ0v) is 13.3. The summed E-state index contributed by atoms with van der Waals surface area (Å²) in [5.41, 5.74) is 0. The van der Waals surface area contributed by atoms with E-state index < -0.39 is 0 Å². The van der Waals surface area contributed by atoms with Gasteiger partial charge in [0.1, 0.15) is 0 Å². The highest BCUT2D eigenvalue weighted by molar-refractivity contribution is 5.82. The molecule has 0 aromatic carbocycles. The Morgan fingerprint density at radius 2 is 2.00 bits per heavy atom. The second kappa shape index (κ2) is 6.63. The van der Waals surface area contributed by atoms with Gasteiger partial charge in [0.25, 0.3) is 0 Å². The number of rotatable bonds is 5. The van der Waals surface area contributed by atoms with E-state index in [-0.39, 0.29) is 12.0 Å². The quantitative estimate of drug-likeness (QED) is 0.758. The lowest BCUT2D eigenvalue weighted by Crippen LogP contribution is -2.47. The van der Waals surface area contributed by atoms with Gasteiger partial charge in [0.2, 0.25) is 5.91 Å². The lowest BCUT2D eigenvalue weighted by atomic mass is 9.99. The van der Waals surface area contributed by atoms with Crippen molar-refractivity contribution in [3.8, 4) is 0 Å². The van der Waals surface area contributed by atoms with Crippen molar-refractivity contribution < 1.29 is 14.3 Å². The molecule has 1 aliphatic carbocycles. The van der Waals surface area contributed by atoms with E-state index in [0.717, 1.165) is 52.2 Å². The summed E-state index contributed by atoms with van der Waals surface area (Å²) in [4.78, 5) is 17.2. The topological polar surface area (TPSA) is 42.0 Å². The maximum absolute atomic E-state index is 12.6. The highest BCUT2D eigenvalue weighted by atomic mass is 16.5. The van der Waals surface area contributed by atoms with Crippen molar-refractivity contribution in [2.24, 2.45) is 11.8 Å². The van der Waals surface area contributed by atoms with Crippen molar-refractivity contribution in [1.82, 2.24) is 9.80 Å². The van der Waals surface area contributed by atoms with Gasteiger partial charge < -0.3 is 14.4 Å². The lowest BCUT2D eigenvalue weighted by molar-refractivity contribution is -0.132. The van der Waals surface area contributed by atoms with Crippen molar-refractivity contribution in [3.63, 3.8) is 0 Å². The highest BCUT2D eigenvalue weighted by Gasteiger charge is 2.48. The largest absolute Gasteiger partial charge is 0.379 e. The van der Waals surface area contributed by atoms with Crippen molar-refractivity contribution in [1.29, 1.82) is 0 Å². The molecule has 0 spiro atoms. The molecule has 0 radical (unpaired) electrons. The molecule has 0 unspecified atom stereocenters. The van der Waals surface area contributed by atoms with Gasteiger partial charge in [-0.3, -0.25) is 9.69 Å². The number of likely N-dealkylation sites (tertiary alicyclic amines) is 1. The first-order valence-electron chi connectivity index (χ1n) is 8.46.